The number of amides is 1. The van der Waals surface area contributed by atoms with Crippen LogP contribution in [-0.2, 0) is 11.2 Å². The number of halogens is 1. The zero-order valence-corrected chi connectivity index (χ0v) is 15.6. The molecule has 1 aliphatic rings. The molecule has 1 aliphatic heterocycles. The van der Waals surface area contributed by atoms with Gasteiger partial charge in [0.2, 0.25) is 5.91 Å². The Bertz CT molecular complexity index is 629. The first-order chi connectivity index (χ1) is 12.5. The van der Waals surface area contributed by atoms with Crippen LogP contribution in [0.1, 0.15) is 48.0 Å². The smallest absolute Gasteiger partial charge is 0.335 e. The molecule has 142 valence electrons. The molecule has 0 unspecified atom stereocenters. The Balaban J connectivity index is 1.87. The molecule has 0 saturated carbocycles. The van der Waals surface area contributed by atoms with Crippen LogP contribution in [0.15, 0.2) is 36.4 Å². The van der Waals surface area contributed by atoms with Crippen molar-refractivity contribution in [1.82, 2.24) is 4.90 Å². The molecule has 1 saturated heterocycles. The highest BCUT2D eigenvalue weighted by atomic mass is 35.5. The maximum Gasteiger partial charge on any atom is 0.335 e. The van der Waals surface area contributed by atoms with Gasteiger partial charge in [0.25, 0.3) is 0 Å². The standard InChI is InChI=1S/C20H26ClNO4/c21-13-2-1-3-18(23)10-8-17-9-11-19(24)22(17)14-12-15-4-6-16(7-5-15)20(25)26/h4-8,10,17-18,23H,1-3,9,11-14H2,(H,25,26)/b10-8+/t17-,18-/m0/s1. The van der Waals surface area contributed by atoms with Crippen molar-refractivity contribution in [3.8, 4) is 0 Å². The van der Waals surface area contributed by atoms with Gasteiger partial charge < -0.3 is 15.1 Å². The van der Waals surface area contributed by atoms with Crippen LogP contribution < -0.4 is 0 Å². The van der Waals surface area contributed by atoms with Gasteiger partial charge in [-0.3, -0.25) is 4.79 Å². The minimum atomic E-state index is -0.943. The number of aliphatic hydroxyl groups excluding tert-OH is 1. The molecule has 26 heavy (non-hydrogen) atoms. The van der Waals surface area contributed by atoms with Crippen LogP contribution in [0.3, 0.4) is 0 Å². The van der Waals surface area contributed by atoms with Crippen LogP contribution in [-0.4, -0.2) is 51.6 Å². The van der Waals surface area contributed by atoms with Crippen molar-refractivity contribution in [3.63, 3.8) is 0 Å². The number of alkyl halides is 1. The molecule has 0 aliphatic carbocycles. The third kappa shape index (κ3) is 6.15. The quantitative estimate of drug-likeness (QED) is 0.371. The van der Waals surface area contributed by atoms with E-state index in [1.807, 2.05) is 11.0 Å². The van der Waals surface area contributed by atoms with E-state index in [4.69, 9.17) is 16.7 Å². The summed E-state index contributed by atoms with van der Waals surface area (Å²) in [5.74, 6) is -0.214. The lowest BCUT2D eigenvalue weighted by molar-refractivity contribution is -0.128. The van der Waals surface area contributed by atoms with E-state index >= 15 is 0 Å². The summed E-state index contributed by atoms with van der Waals surface area (Å²) in [6, 6.07) is 6.75. The molecule has 5 nitrogen and oxygen atoms in total. The van der Waals surface area contributed by atoms with E-state index in [0.717, 1.165) is 24.8 Å². The summed E-state index contributed by atoms with van der Waals surface area (Å²) in [6.07, 6.45) is 7.64. The maximum atomic E-state index is 12.1. The Morgan fingerprint density at radius 1 is 1.31 bits per heavy atom. The van der Waals surface area contributed by atoms with Gasteiger partial charge in [0, 0.05) is 18.8 Å². The lowest BCUT2D eigenvalue weighted by Crippen LogP contribution is -2.33. The SMILES string of the molecule is O=C(O)c1ccc(CCN2C(=O)CC[C@@H]2/C=C/[C@@H](O)CCCCCl)cc1. The molecular weight excluding hydrogens is 354 g/mol. The zero-order valence-electron chi connectivity index (χ0n) is 14.8. The predicted molar refractivity (Wildman–Crippen MR) is 102 cm³/mol. The van der Waals surface area contributed by atoms with Crippen molar-refractivity contribution in [2.24, 2.45) is 0 Å². The average Bonchev–Trinajstić information content (AvgIpc) is 2.98. The van der Waals surface area contributed by atoms with Gasteiger partial charge in [-0.05, 0) is 49.8 Å². The highest BCUT2D eigenvalue weighted by Crippen LogP contribution is 2.21. The van der Waals surface area contributed by atoms with E-state index in [1.165, 1.54) is 0 Å². The second-order valence-corrected chi connectivity index (χ2v) is 6.96. The second kappa shape index (κ2) is 10.3. The van der Waals surface area contributed by atoms with Crippen LogP contribution in [0, 0.1) is 0 Å². The summed E-state index contributed by atoms with van der Waals surface area (Å²) < 4.78 is 0. The van der Waals surface area contributed by atoms with Gasteiger partial charge in [-0.15, -0.1) is 11.6 Å². The number of rotatable bonds is 10. The van der Waals surface area contributed by atoms with Gasteiger partial charge in [-0.1, -0.05) is 24.3 Å². The summed E-state index contributed by atoms with van der Waals surface area (Å²) in [7, 11) is 0. The van der Waals surface area contributed by atoms with Crippen molar-refractivity contribution in [3.05, 3.63) is 47.5 Å². The van der Waals surface area contributed by atoms with Crippen LogP contribution in [0.4, 0.5) is 0 Å². The number of carboxylic acid groups (broad SMARTS) is 1. The zero-order chi connectivity index (χ0) is 18.9. The molecular formula is C20H26ClNO4. The number of aliphatic hydroxyl groups is 1. The Kier molecular flexibility index (Phi) is 8.13. The minimum Gasteiger partial charge on any atom is -0.478 e. The first-order valence-corrected chi connectivity index (χ1v) is 9.58. The fraction of sp³-hybridized carbons (Fsp3) is 0.500. The lowest BCUT2D eigenvalue weighted by Gasteiger charge is -2.22. The number of hydrogen-bond donors (Lipinski definition) is 2. The number of carbonyl (C=O) groups excluding carboxylic acids is 1. The number of nitrogens with zero attached hydrogens (tertiary/aromatic N) is 1. The van der Waals surface area contributed by atoms with Crippen molar-refractivity contribution in [2.75, 3.05) is 12.4 Å². The van der Waals surface area contributed by atoms with E-state index in [-0.39, 0.29) is 17.5 Å². The largest absolute Gasteiger partial charge is 0.478 e. The normalized spacial score (nSPS) is 18.6. The summed E-state index contributed by atoms with van der Waals surface area (Å²) in [4.78, 5) is 24.9. The van der Waals surface area contributed by atoms with Gasteiger partial charge in [0.1, 0.15) is 0 Å². The monoisotopic (exact) mass is 379 g/mol. The van der Waals surface area contributed by atoms with Crippen molar-refractivity contribution < 1.29 is 19.8 Å². The summed E-state index contributed by atoms with van der Waals surface area (Å²) >= 11 is 5.64. The molecule has 1 aromatic rings. The third-order valence-corrected chi connectivity index (χ3v) is 4.92. The number of carboxylic acids is 1. The highest BCUT2D eigenvalue weighted by Gasteiger charge is 2.28. The van der Waals surface area contributed by atoms with Crippen LogP contribution in [0.2, 0.25) is 0 Å². The average molecular weight is 380 g/mol. The number of carbonyl (C=O) groups is 2. The fourth-order valence-corrected chi connectivity index (χ4v) is 3.30. The Morgan fingerprint density at radius 2 is 2.04 bits per heavy atom. The Hall–Kier alpha value is -1.85. The molecule has 1 aromatic carbocycles. The summed E-state index contributed by atoms with van der Waals surface area (Å²) in [6.45, 7) is 0.586. The van der Waals surface area contributed by atoms with Gasteiger partial charge in [0.15, 0.2) is 0 Å². The summed E-state index contributed by atoms with van der Waals surface area (Å²) in [5, 5.41) is 18.9. The maximum absolute atomic E-state index is 12.1. The van der Waals surface area contributed by atoms with E-state index in [2.05, 4.69) is 0 Å². The van der Waals surface area contributed by atoms with Crippen molar-refractivity contribution >= 4 is 23.5 Å². The van der Waals surface area contributed by atoms with Gasteiger partial charge >= 0.3 is 5.97 Å². The second-order valence-electron chi connectivity index (χ2n) is 6.58. The number of aromatic carboxylic acids is 1. The van der Waals surface area contributed by atoms with Gasteiger partial charge in [-0.2, -0.15) is 0 Å². The molecule has 1 fully saturated rings. The van der Waals surface area contributed by atoms with Gasteiger partial charge in [0.05, 0.1) is 17.7 Å². The van der Waals surface area contributed by atoms with E-state index < -0.39 is 12.1 Å². The molecule has 0 spiro atoms. The number of hydrogen-bond acceptors (Lipinski definition) is 3. The first kappa shape index (κ1) is 20.5. The molecule has 0 aromatic heterocycles. The van der Waals surface area contributed by atoms with Crippen molar-refractivity contribution in [1.29, 1.82) is 0 Å². The molecule has 2 atom stereocenters. The molecule has 6 heteroatoms. The Labute approximate surface area is 159 Å². The molecule has 0 bridgehead atoms. The van der Waals surface area contributed by atoms with Crippen LogP contribution in [0.25, 0.3) is 0 Å². The number of likely N-dealkylation sites (tertiary alicyclic amines) is 1. The van der Waals surface area contributed by atoms with E-state index in [9.17, 15) is 14.7 Å². The summed E-state index contributed by atoms with van der Waals surface area (Å²) in [5.41, 5.74) is 1.26. The van der Waals surface area contributed by atoms with E-state index in [0.29, 0.717) is 31.7 Å². The van der Waals surface area contributed by atoms with Crippen LogP contribution in [0.5, 0.6) is 0 Å². The topological polar surface area (TPSA) is 77.8 Å². The lowest BCUT2D eigenvalue weighted by atomic mass is 10.1. The first-order valence-electron chi connectivity index (χ1n) is 9.05. The van der Waals surface area contributed by atoms with Crippen molar-refractivity contribution in [2.45, 2.75) is 50.7 Å². The van der Waals surface area contributed by atoms with Gasteiger partial charge in [-0.25, -0.2) is 4.79 Å². The Morgan fingerprint density at radius 3 is 2.69 bits per heavy atom. The molecule has 1 heterocycles. The minimum absolute atomic E-state index is 0.0171. The van der Waals surface area contributed by atoms with E-state index in [1.54, 1.807) is 30.3 Å². The fourth-order valence-electron chi connectivity index (χ4n) is 3.11. The number of benzene rings is 1. The number of unbranched alkanes of at least 4 members (excludes halogenated alkanes) is 1. The molecule has 2 N–H and O–H groups in total. The third-order valence-electron chi connectivity index (χ3n) is 4.66. The molecule has 2 rings (SSSR count). The van der Waals surface area contributed by atoms with Crippen LogP contribution >= 0.6 is 11.6 Å². The molecule has 1 amide bonds. The highest BCUT2D eigenvalue weighted by molar-refractivity contribution is 6.17. The predicted octanol–water partition coefficient (Wildman–Crippen LogP) is 3.24. The molecule has 0 radical (unpaired) electrons.